The quantitative estimate of drug-likeness (QED) is 0.700. The van der Waals surface area contributed by atoms with Crippen LogP contribution in [0, 0.1) is 0 Å². The van der Waals surface area contributed by atoms with Gasteiger partial charge in [0.25, 0.3) is 15.6 Å². The van der Waals surface area contributed by atoms with Crippen LogP contribution in [0.1, 0.15) is 5.56 Å². The molecule has 0 amide bonds. The van der Waals surface area contributed by atoms with Gasteiger partial charge in [-0.05, 0) is 24.3 Å². The van der Waals surface area contributed by atoms with Crippen LogP contribution in [-0.2, 0) is 15.6 Å². The minimum atomic E-state index is -6.04. The molecule has 0 heterocycles. The molecule has 148 valence electrons. The highest BCUT2D eigenvalue weighted by Gasteiger charge is 2.71. The van der Waals surface area contributed by atoms with Crippen LogP contribution in [0.2, 0.25) is 5.02 Å². The minimum Gasteiger partial charge on any atom is -0.369 e. The third-order valence-corrected chi connectivity index (χ3v) is 5.38. The molecule has 0 atom stereocenters. The SMILES string of the molecule is O=S(=O)(Nc1ccc(C(O)(C(F)(F)F)C(F)(F)F)cc1)c1ccccc1Cl. The molecule has 0 aliphatic rings. The molecule has 0 spiro atoms. The van der Waals surface area contributed by atoms with E-state index in [4.69, 9.17) is 11.6 Å². The predicted octanol–water partition coefficient (Wildman–Crippen LogP) is 4.45. The normalized spacial score (nSPS) is 13.5. The Morgan fingerprint density at radius 3 is 1.78 bits per heavy atom. The summed E-state index contributed by atoms with van der Waals surface area (Å²) in [4.78, 5) is -0.335. The maximum atomic E-state index is 12.8. The first kappa shape index (κ1) is 21.3. The lowest BCUT2D eigenvalue weighted by molar-refractivity contribution is -0.376. The molecule has 0 unspecified atom stereocenters. The molecule has 0 bridgehead atoms. The van der Waals surface area contributed by atoms with Crippen molar-refractivity contribution in [2.75, 3.05) is 4.72 Å². The first-order valence-corrected chi connectivity index (χ1v) is 8.80. The zero-order valence-corrected chi connectivity index (χ0v) is 14.5. The standard InChI is InChI=1S/C15H10ClF6NO3S/c16-11-3-1-2-4-12(11)27(25,26)23-10-7-5-9(6-8-10)13(24,14(17,18)19)15(20,21)22/h1-8,23-24H. The maximum Gasteiger partial charge on any atom is 0.430 e. The van der Waals surface area contributed by atoms with Crippen molar-refractivity contribution in [3.8, 4) is 0 Å². The molecular weight excluding hydrogens is 424 g/mol. The molecule has 0 radical (unpaired) electrons. The van der Waals surface area contributed by atoms with Crippen molar-refractivity contribution in [1.29, 1.82) is 0 Å². The second-order valence-corrected chi connectivity index (χ2v) is 7.38. The fraction of sp³-hybridized carbons (Fsp3) is 0.200. The van der Waals surface area contributed by atoms with Gasteiger partial charge in [-0.1, -0.05) is 35.9 Å². The summed E-state index contributed by atoms with van der Waals surface area (Å²) in [6, 6.07) is 7.24. The fourth-order valence-corrected chi connectivity index (χ4v) is 3.72. The van der Waals surface area contributed by atoms with Gasteiger partial charge in [-0.2, -0.15) is 26.3 Å². The van der Waals surface area contributed by atoms with Crippen LogP contribution < -0.4 is 4.72 Å². The molecule has 2 aromatic carbocycles. The molecule has 0 fully saturated rings. The monoisotopic (exact) mass is 433 g/mol. The van der Waals surface area contributed by atoms with Crippen LogP contribution in [0.15, 0.2) is 53.4 Å². The van der Waals surface area contributed by atoms with Crippen molar-refractivity contribution >= 4 is 27.3 Å². The zero-order valence-electron chi connectivity index (χ0n) is 12.9. The summed E-state index contributed by atoms with van der Waals surface area (Å²) in [5.41, 5.74) is -6.94. The zero-order chi connectivity index (χ0) is 20.7. The second-order valence-electron chi connectivity index (χ2n) is 5.32. The van der Waals surface area contributed by atoms with Crippen molar-refractivity contribution in [2.24, 2.45) is 0 Å². The number of hydrogen-bond donors (Lipinski definition) is 2. The number of halogens is 7. The lowest BCUT2D eigenvalue weighted by atomic mass is 9.92. The first-order chi connectivity index (χ1) is 12.2. The minimum absolute atomic E-state index is 0.134. The first-order valence-electron chi connectivity index (χ1n) is 6.94. The molecule has 4 nitrogen and oxygen atoms in total. The Morgan fingerprint density at radius 2 is 1.33 bits per heavy atom. The Kier molecular flexibility index (Phi) is 5.43. The number of rotatable bonds is 4. The largest absolute Gasteiger partial charge is 0.430 e. The molecule has 0 saturated carbocycles. The summed E-state index contributed by atoms with van der Waals surface area (Å²) in [5, 5.41) is 9.15. The summed E-state index contributed by atoms with van der Waals surface area (Å²) in [6.45, 7) is 0. The highest BCUT2D eigenvalue weighted by molar-refractivity contribution is 7.92. The van der Waals surface area contributed by atoms with E-state index in [0.717, 1.165) is 6.07 Å². The number of hydrogen-bond acceptors (Lipinski definition) is 3. The predicted molar refractivity (Wildman–Crippen MR) is 84.7 cm³/mol. The Morgan fingerprint density at radius 1 is 0.852 bits per heavy atom. The number of alkyl halides is 6. The van der Waals surface area contributed by atoms with Crippen molar-refractivity contribution in [3.05, 3.63) is 59.1 Å². The van der Waals surface area contributed by atoms with E-state index in [-0.39, 0.29) is 15.6 Å². The van der Waals surface area contributed by atoms with Crippen molar-refractivity contribution < 1.29 is 39.9 Å². The number of sulfonamides is 1. The van der Waals surface area contributed by atoms with E-state index in [0.29, 0.717) is 24.3 Å². The summed E-state index contributed by atoms with van der Waals surface area (Å²) >= 11 is 5.76. The molecule has 2 rings (SSSR count). The molecular formula is C15H10ClF6NO3S. The van der Waals surface area contributed by atoms with Gasteiger partial charge >= 0.3 is 12.4 Å². The highest BCUT2D eigenvalue weighted by Crippen LogP contribution is 2.50. The van der Waals surface area contributed by atoms with Gasteiger partial charge in [-0.3, -0.25) is 4.72 Å². The van der Waals surface area contributed by atoms with Gasteiger partial charge in [0, 0.05) is 11.3 Å². The van der Waals surface area contributed by atoms with Gasteiger partial charge < -0.3 is 5.11 Å². The Labute approximate surface area is 154 Å². The molecule has 0 aromatic heterocycles. The molecule has 0 aliphatic carbocycles. The Hall–Kier alpha value is -1.98. The van der Waals surface area contributed by atoms with Crippen molar-refractivity contribution in [2.45, 2.75) is 22.8 Å². The summed E-state index contributed by atoms with van der Waals surface area (Å²) in [6.07, 6.45) is -12.1. The number of benzene rings is 2. The van der Waals surface area contributed by atoms with E-state index in [1.54, 1.807) is 0 Å². The Bertz CT molecular complexity index is 912. The van der Waals surface area contributed by atoms with Crippen LogP contribution >= 0.6 is 11.6 Å². The second kappa shape index (κ2) is 6.88. The topological polar surface area (TPSA) is 66.4 Å². The van der Waals surface area contributed by atoms with Gasteiger partial charge in [0.2, 0.25) is 0 Å². The number of aliphatic hydroxyl groups is 1. The third-order valence-electron chi connectivity index (χ3n) is 3.50. The number of anilines is 1. The van der Waals surface area contributed by atoms with E-state index >= 15 is 0 Å². The van der Waals surface area contributed by atoms with Gasteiger partial charge in [0.15, 0.2) is 0 Å². The molecule has 2 aromatic rings. The molecule has 27 heavy (non-hydrogen) atoms. The summed E-state index contributed by atoms with van der Waals surface area (Å²) < 4.78 is 103. The maximum absolute atomic E-state index is 12.8. The van der Waals surface area contributed by atoms with Crippen molar-refractivity contribution in [3.63, 3.8) is 0 Å². The highest BCUT2D eigenvalue weighted by atomic mass is 35.5. The van der Waals surface area contributed by atoms with E-state index in [1.165, 1.54) is 18.2 Å². The van der Waals surface area contributed by atoms with E-state index < -0.39 is 33.5 Å². The van der Waals surface area contributed by atoms with Gasteiger partial charge in [-0.15, -0.1) is 0 Å². The van der Waals surface area contributed by atoms with Crippen LogP contribution in [0.25, 0.3) is 0 Å². The van der Waals surface area contributed by atoms with E-state index in [9.17, 15) is 39.9 Å². The smallest absolute Gasteiger partial charge is 0.369 e. The van der Waals surface area contributed by atoms with Gasteiger partial charge in [-0.25, -0.2) is 8.42 Å². The average molecular weight is 434 g/mol. The molecule has 0 aliphatic heterocycles. The lowest BCUT2D eigenvalue weighted by Crippen LogP contribution is -2.53. The Balaban J connectivity index is 2.39. The average Bonchev–Trinajstić information content (AvgIpc) is 2.52. The fourth-order valence-electron chi connectivity index (χ4n) is 2.14. The molecule has 2 N–H and O–H groups in total. The number of nitrogens with one attached hydrogen (secondary N) is 1. The molecule has 0 saturated heterocycles. The van der Waals surface area contributed by atoms with Crippen LogP contribution in [-0.4, -0.2) is 25.9 Å². The summed E-state index contributed by atoms with van der Waals surface area (Å²) in [5.74, 6) is 0. The van der Waals surface area contributed by atoms with Gasteiger partial charge in [0.05, 0.1) is 5.02 Å². The lowest BCUT2D eigenvalue weighted by Gasteiger charge is -2.32. The van der Waals surface area contributed by atoms with Crippen LogP contribution in [0.5, 0.6) is 0 Å². The van der Waals surface area contributed by atoms with Crippen LogP contribution in [0.4, 0.5) is 32.0 Å². The van der Waals surface area contributed by atoms with Crippen molar-refractivity contribution in [1.82, 2.24) is 0 Å². The molecule has 12 heteroatoms. The van der Waals surface area contributed by atoms with E-state index in [1.807, 2.05) is 4.72 Å². The third kappa shape index (κ3) is 3.99. The van der Waals surface area contributed by atoms with Gasteiger partial charge in [0.1, 0.15) is 4.90 Å². The summed E-state index contributed by atoms with van der Waals surface area (Å²) in [7, 11) is -4.24. The van der Waals surface area contributed by atoms with E-state index in [2.05, 4.69) is 0 Å². The van der Waals surface area contributed by atoms with Crippen LogP contribution in [0.3, 0.4) is 0 Å².